The molecule has 1 aliphatic carbocycles. The molecule has 0 amide bonds. The van der Waals surface area contributed by atoms with Crippen LogP contribution in [0, 0.1) is 0 Å². The average molecular weight is 334 g/mol. The van der Waals surface area contributed by atoms with E-state index in [9.17, 15) is 0 Å². The van der Waals surface area contributed by atoms with E-state index in [0.717, 1.165) is 17.3 Å². The van der Waals surface area contributed by atoms with E-state index in [-0.39, 0.29) is 0 Å². The fourth-order valence-electron chi connectivity index (χ4n) is 3.05. The number of hydrogen-bond acceptors (Lipinski definition) is 2. The number of benzene rings is 2. The Bertz CT molecular complexity index is 591. The summed E-state index contributed by atoms with van der Waals surface area (Å²) in [5.74, 6) is 0. The van der Waals surface area contributed by atoms with E-state index in [2.05, 4.69) is 57.6 Å². The molecule has 1 fully saturated rings. The van der Waals surface area contributed by atoms with Gasteiger partial charge < -0.3 is 10.1 Å². The zero-order valence-corrected chi connectivity index (χ0v) is 13.3. The zero-order chi connectivity index (χ0) is 13.9. The van der Waals surface area contributed by atoms with Crippen LogP contribution in [0.15, 0.2) is 40.9 Å². The highest BCUT2D eigenvalue weighted by Gasteiger charge is 2.21. The van der Waals surface area contributed by atoms with Crippen molar-refractivity contribution in [3.05, 3.63) is 40.9 Å². The van der Waals surface area contributed by atoms with Crippen LogP contribution >= 0.6 is 15.9 Å². The predicted octanol–water partition coefficient (Wildman–Crippen LogP) is 4.97. The van der Waals surface area contributed by atoms with Crippen LogP contribution in [-0.2, 0) is 4.74 Å². The highest BCUT2D eigenvalue weighted by Crippen LogP contribution is 2.32. The summed E-state index contributed by atoms with van der Waals surface area (Å²) in [6.45, 7) is 0. The van der Waals surface area contributed by atoms with Crippen LogP contribution in [0.4, 0.5) is 5.69 Å². The van der Waals surface area contributed by atoms with Gasteiger partial charge in [0.2, 0.25) is 0 Å². The molecule has 0 aromatic heterocycles. The molecule has 0 bridgehead atoms. The van der Waals surface area contributed by atoms with Crippen molar-refractivity contribution in [1.82, 2.24) is 0 Å². The molecule has 1 N–H and O–H groups in total. The van der Waals surface area contributed by atoms with Crippen LogP contribution in [0.5, 0.6) is 0 Å². The summed E-state index contributed by atoms with van der Waals surface area (Å²) in [6, 6.07) is 13.4. The second-order valence-corrected chi connectivity index (χ2v) is 6.35. The van der Waals surface area contributed by atoms with Gasteiger partial charge in [0.25, 0.3) is 0 Å². The molecule has 0 heterocycles. The Hall–Kier alpha value is -1.06. The lowest BCUT2D eigenvalue weighted by molar-refractivity contribution is 0.0682. The Morgan fingerprint density at radius 1 is 1.00 bits per heavy atom. The molecule has 106 valence electrons. The molecule has 2 nitrogen and oxygen atoms in total. The Balaban J connectivity index is 1.80. The van der Waals surface area contributed by atoms with Crippen LogP contribution in [0.25, 0.3) is 10.8 Å². The van der Waals surface area contributed by atoms with E-state index in [1.165, 1.54) is 29.3 Å². The molecule has 20 heavy (non-hydrogen) atoms. The van der Waals surface area contributed by atoms with Crippen molar-refractivity contribution in [1.29, 1.82) is 0 Å². The molecular weight excluding hydrogens is 314 g/mol. The highest BCUT2D eigenvalue weighted by atomic mass is 79.9. The maximum absolute atomic E-state index is 5.44. The molecular formula is C17H20BrNO. The number of methoxy groups -OCH3 is 1. The maximum Gasteiger partial charge on any atom is 0.0572 e. The van der Waals surface area contributed by atoms with E-state index in [1.807, 2.05) is 7.11 Å². The first-order valence-electron chi connectivity index (χ1n) is 7.24. The predicted molar refractivity (Wildman–Crippen MR) is 88.3 cm³/mol. The average Bonchev–Trinajstić information content (AvgIpc) is 2.51. The monoisotopic (exact) mass is 333 g/mol. The van der Waals surface area contributed by atoms with Crippen molar-refractivity contribution in [3.8, 4) is 0 Å². The minimum atomic E-state index is 0.453. The number of anilines is 1. The summed E-state index contributed by atoms with van der Waals surface area (Å²) >= 11 is 3.63. The third-order valence-corrected chi connectivity index (χ3v) is 4.93. The third kappa shape index (κ3) is 2.84. The Morgan fingerprint density at radius 2 is 1.70 bits per heavy atom. The number of halogens is 1. The number of rotatable bonds is 3. The number of nitrogens with one attached hydrogen (secondary N) is 1. The van der Waals surface area contributed by atoms with Gasteiger partial charge in [0, 0.05) is 28.7 Å². The molecule has 0 unspecified atom stereocenters. The molecule has 2 aromatic carbocycles. The van der Waals surface area contributed by atoms with Gasteiger partial charge in [0.1, 0.15) is 0 Å². The molecule has 0 aliphatic heterocycles. The van der Waals surface area contributed by atoms with Crippen molar-refractivity contribution in [2.75, 3.05) is 12.4 Å². The summed E-state index contributed by atoms with van der Waals surface area (Å²) in [5.41, 5.74) is 1.24. The minimum absolute atomic E-state index is 0.453. The van der Waals surface area contributed by atoms with Gasteiger partial charge >= 0.3 is 0 Å². The SMILES string of the molecule is COC1CCC(Nc2ccc(Br)c3ccccc23)CC1. The van der Waals surface area contributed by atoms with Crippen molar-refractivity contribution in [2.24, 2.45) is 0 Å². The molecule has 1 aliphatic rings. The van der Waals surface area contributed by atoms with Crippen LogP contribution in [0.2, 0.25) is 0 Å². The van der Waals surface area contributed by atoms with E-state index in [0.29, 0.717) is 12.1 Å². The quantitative estimate of drug-likeness (QED) is 0.855. The summed E-state index contributed by atoms with van der Waals surface area (Å²) in [7, 11) is 1.82. The summed E-state index contributed by atoms with van der Waals surface area (Å²) in [6.07, 6.45) is 5.13. The van der Waals surface area contributed by atoms with Crippen molar-refractivity contribution in [2.45, 2.75) is 37.8 Å². The van der Waals surface area contributed by atoms with Gasteiger partial charge in [0.15, 0.2) is 0 Å². The minimum Gasteiger partial charge on any atom is -0.382 e. The first-order valence-corrected chi connectivity index (χ1v) is 8.04. The summed E-state index contributed by atoms with van der Waals surface area (Å²) in [4.78, 5) is 0. The fourth-order valence-corrected chi connectivity index (χ4v) is 3.53. The molecule has 2 aromatic rings. The molecule has 0 spiro atoms. The van der Waals surface area contributed by atoms with E-state index in [4.69, 9.17) is 4.74 Å². The van der Waals surface area contributed by atoms with E-state index in [1.54, 1.807) is 0 Å². The lowest BCUT2D eigenvalue weighted by Gasteiger charge is -2.29. The lowest BCUT2D eigenvalue weighted by atomic mass is 9.92. The van der Waals surface area contributed by atoms with E-state index < -0.39 is 0 Å². The van der Waals surface area contributed by atoms with Gasteiger partial charge in [0.05, 0.1) is 6.10 Å². The first-order chi connectivity index (χ1) is 9.78. The van der Waals surface area contributed by atoms with Gasteiger partial charge in [-0.1, -0.05) is 40.2 Å². The van der Waals surface area contributed by atoms with Gasteiger partial charge in [-0.15, -0.1) is 0 Å². The topological polar surface area (TPSA) is 21.3 Å². The van der Waals surface area contributed by atoms with Crippen molar-refractivity contribution >= 4 is 32.4 Å². The largest absolute Gasteiger partial charge is 0.382 e. The molecule has 3 heteroatoms. The standard InChI is InChI=1S/C17H20BrNO/c1-20-13-8-6-12(7-9-13)19-17-11-10-16(18)14-4-2-3-5-15(14)17/h2-5,10-13,19H,6-9H2,1H3. The molecule has 0 saturated heterocycles. The van der Waals surface area contributed by atoms with Crippen LogP contribution in [0.1, 0.15) is 25.7 Å². The van der Waals surface area contributed by atoms with Gasteiger partial charge in [-0.3, -0.25) is 0 Å². The van der Waals surface area contributed by atoms with Gasteiger partial charge in [-0.05, 0) is 43.2 Å². The van der Waals surface area contributed by atoms with Crippen molar-refractivity contribution < 1.29 is 4.74 Å². The van der Waals surface area contributed by atoms with Gasteiger partial charge in [-0.25, -0.2) is 0 Å². The lowest BCUT2D eigenvalue weighted by Crippen LogP contribution is -2.29. The third-order valence-electron chi connectivity index (χ3n) is 4.24. The summed E-state index contributed by atoms with van der Waals surface area (Å²) < 4.78 is 6.60. The Labute approximate surface area is 128 Å². The molecule has 0 atom stereocenters. The van der Waals surface area contributed by atoms with Crippen molar-refractivity contribution in [3.63, 3.8) is 0 Å². The summed E-state index contributed by atoms with van der Waals surface area (Å²) in [5, 5.41) is 6.27. The maximum atomic E-state index is 5.44. The Morgan fingerprint density at radius 3 is 2.40 bits per heavy atom. The van der Waals surface area contributed by atoms with Crippen LogP contribution in [-0.4, -0.2) is 19.3 Å². The number of ether oxygens (including phenoxy) is 1. The second-order valence-electron chi connectivity index (χ2n) is 5.49. The molecule has 1 saturated carbocycles. The van der Waals surface area contributed by atoms with Crippen LogP contribution in [0.3, 0.4) is 0 Å². The highest BCUT2D eigenvalue weighted by molar-refractivity contribution is 9.10. The number of hydrogen-bond donors (Lipinski definition) is 1. The van der Waals surface area contributed by atoms with E-state index >= 15 is 0 Å². The second kappa shape index (κ2) is 6.15. The first kappa shape index (κ1) is 13.9. The van der Waals surface area contributed by atoms with Gasteiger partial charge in [-0.2, -0.15) is 0 Å². The molecule has 3 rings (SSSR count). The number of fused-ring (bicyclic) bond motifs is 1. The zero-order valence-electron chi connectivity index (χ0n) is 11.7. The smallest absolute Gasteiger partial charge is 0.0572 e. The van der Waals surface area contributed by atoms with Crippen LogP contribution < -0.4 is 5.32 Å². The molecule has 0 radical (unpaired) electrons. The Kier molecular flexibility index (Phi) is 4.27. The fraction of sp³-hybridized carbons (Fsp3) is 0.412. The normalized spacial score (nSPS) is 22.9.